The van der Waals surface area contributed by atoms with Crippen LogP contribution in [0.5, 0.6) is 0 Å². The van der Waals surface area contributed by atoms with E-state index in [2.05, 4.69) is 38.5 Å². The van der Waals surface area contributed by atoms with Crippen LogP contribution in [-0.2, 0) is 0 Å². The molecule has 0 amide bonds. The Balaban J connectivity index is 1.43. The van der Waals surface area contributed by atoms with Crippen LogP contribution in [0, 0.1) is 6.92 Å². The standard InChI is InChI=1S/C18H26N6/c1-13(2)22-6-8-23(9-7-22)15-11-24(12-15)18-16-4-5-19-10-17(16)20-14(3)21-18/h4-5,10,13,15H,6-9,11-12H2,1-3H3. The van der Waals surface area contributed by atoms with Gasteiger partial charge in [-0.05, 0) is 26.8 Å². The smallest absolute Gasteiger partial charge is 0.140 e. The maximum atomic E-state index is 4.70. The third-order valence-corrected chi connectivity index (χ3v) is 5.35. The first kappa shape index (κ1) is 15.7. The zero-order valence-corrected chi connectivity index (χ0v) is 14.8. The first-order valence-corrected chi connectivity index (χ1v) is 8.93. The Bertz CT molecular complexity index is 717. The summed E-state index contributed by atoms with van der Waals surface area (Å²) in [6.45, 7) is 13.4. The Hall–Kier alpha value is -1.79. The summed E-state index contributed by atoms with van der Waals surface area (Å²) in [5.74, 6) is 1.89. The molecule has 0 aromatic carbocycles. The number of aromatic nitrogens is 3. The van der Waals surface area contributed by atoms with Crippen LogP contribution in [0.15, 0.2) is 18.5 Å². The highest BCUT2D eigenvalue weighted by Gasteiger charge is 2.35. The van der Waals surface area contributed by atoms with E-state index in [0.717, 1.165) is 35.6 Å². The minimum atomic E-state index is 0.659. The Morgan fingerprint density at radius 2 is 1.83 bits per heavy atom. The molecule has 4 rings (SSSR count). The summed E-state index contributed by atoms with van der Waals surface area (Å²) in [6, 6.07) is 3.35. The molecule has 2 aliphatic heterocycles. The van der Waals surface area contributed by atoms with E-state index in [4.69, 9.17) is 4.98 Å². The molecule has 6 heteroatoms. The lowest BCUT2D eigenvalue weighted by Crippen LogP contribution is -2.63. The molecule has 0 aliphatic carbocycles. The first-order chi connectivity index (χ1) is 11.6. The fourth-order valence-corrected chi connectivity index (χ4v) is 3.80. The Morgan fingerprint density at radius 3 is 2.54 bits per heavy atom. The van der Waals surface area contributed by atoms with E-state index in [-0.39, 0.29) is 0 Å². The molecule has 0 spiro atoms. The van der Waals surface area contributed by atoms with Crippen molar-refractivity contribution in [2.75, 3.05) is 44.2 Å². The minimum Gasteiger partial charge on any atom is -0.353 e. The van der Waals surface area contributed by atoms with Gasteiger partial charge in [-0.15, -0.1) is 0 Å². The van der Waals surface area contributed by atoms with Crippen LogP contribution < -0.4 is 4.90 Å². The van der Waals surface area contributed by atoms with Crippen LogP contribution in [0.2, 0.25) is 0 Å². The second-order valence-corrected chi connectivity index (χ2v) is 7.21. The van der Waals surface area contributed by atoms with E-state index in [0.29, 0.717) is 12.1 Å². The number of fused-ring (bicyclic) bond motifs is 1. The monoisotopic (exact) mass is 326 g/mol. The second kappa shape index (κ2) is 6.26. The van der Waals surface area contributed by atoms with Gasteiger partial charge in [0.25, 0.3) is 0 Å². The summed E-state index contributed by atoms with van der Waals surface area (Å²) in [6.07, 6.45) is 3.66. The number of piperazine rings is 1. The average molecular weight is 326 g/mol. The van der Waals surface area contributed by atoms with Crippen LogP contribution in [0.4, 0.5) is 5.82 Å². The highest BCUT2D eigenvalue weighted by atomic mass is 15.4. The zero-order valence-electron chi connectivity index (χ0n) is 14.8. The van der Waals surface area contributed by atoms with E-state index in [9.17, 15) is 0 Å². The summed E-state index contributed by atoms with van der Waals surface area (Å²) in [4.78, 5) is 21.0. The van der Waals surface area contributed by atoms with Crippen LogP contribution in [-0.4, -0.2) is 76.1 Å². The fourth-order valence-electron chi connectivity index (χ4n) is 3.80. The molecule has 4 heterocycles. The molecule has 128 valence electrons. The van der Waals surface area contributed by atoms with E-state index < -0.39 is 0 Å². The molecule has 6 nitrogen and oxygen atoms in total. The van der Waals surface area contributed by atoms with Crippen LogP contribution in [0.25, 0.3) is 10.9 Å². The van der Waals surface area contributed by atoms with Crippen molar-refractivity contribution >= 4 is 16.7 Å². The van der Waals surface area contributed by atoms with Gasteiger partial charge >= 0.3 is 0 Å². The molecule has 2 aliphatic rings. The van der Waals surface area contributed by atoms with Gasteiger partial charge in [0.2, 0.25) is 0 Å². The number of rotatable bonds is 3. The molecule has 0 bridgehead atoms. The molecule has 0 radical (unpaired) electrons. The van der Waals surface area contributed by atoms with Crippen molar-refractivity contribution in [3.05, 3.63) is 24.3 Å². The summed E-state index contributed by atoms with van der Waals surface area (Å²) in [5.41, 5.74) is 0.939. The zero-order chi connectivity index (χ0) is 16.7. The number of anilines is 1. The molecule has 0 atom stereocenters. The highest BCUT2D eigenvalue weighted by molar-refractivity contribution is 5.89. The molecule has 2 aromatic heterocycles. The predicted octanol–water partition coefficient (Wildman–Crippen LogP) is 1.55. The minimum absolute atomic E-state index is 0.659. The van der Waals surface area contributed by atoms with Crippen molar-refractivity contribution in [3.63, 3.8) is 0 Å². The van der Waals surface area contributed by atoms with Gasteiger partial charge in [0.15, 0.2) is 0 Å². The van der Waals surface area contributed by atoms with Gasteiger partial charge < -0.3 is 4.90 Å². The number of hydrogen-bond acceptors (Lipinski definition) is 6. The molecule has 2 saturated heterocycles. The number of hydrogen-bond donors (Lipinski definition) is 0. The van der Waals surface area contributed by atoms with Crippen LogP contribution in [0.3, 0.4) is 0 Å². The summed E-state index contributed by atoms with van der Waals surface area (Å²) >= 11 is 0. The molecule has 0 unspecified atom stereocenters. The van der Waals surface area contributed by atoms with Gasteiger partial charge in [0, 0.05) is 62.9 Å². The third-order valence-electron chi connectivity index (χ3n) is 5.35. The lowest BCUT2D eigenvalue weighted by Gasteiger charge is -2.49. The molecule has 24 heavy (non-hydrogen) atoms. The molecular formula is C18H26N6. The summed E-state index contributed by atoms with van der Waals surface area (Å²) < 4.78 is 0. The maximum absolute atomic E-state index is 4.70. The molecule has 0 saturated carbocycles. The van der Waals surface area contributed by atoms with Gasteiger partial charge in [0.05, 0.1) is 11.7 Å². The molecule has 0 N–H and O–H groups in total. The van der Waals surface area contributed by atoms with Crippen LogP contribution in [0.1, 0.15) is 19.7 Å². The van der Waals surface area contributed by atoms with Crippen LogP contribution >= 0.6 is 0 Å². The van der Waals surface area contributed by atoms with Crippen molar-refractivity contribution in [2.45, 2.75) is 32.9 Å². The molecule has 2 aromatic rings. The van der Waals surface area contributed by atoms with E-state index in [1.807, 2.05) is 25.4 Å². The predicted molar refractivity (Wildman–Crippen MR) is 96.4 cm³/mol. The van der Waals surface area contributed by atoms with E-state index >= 15 is 0 Å². The molecular weight excluding hydrogens is 300 g/mol. The Kier molecular flexibility index (Phi) is 4.10. The van der Waals surface area contributed by atoms with Crippen molar-refractivity contribution in [1.82, 2.24) is 24.8 Å². The van der Waals surface area contributed by atoms with Crippen molar-refractivity contribution in [3.8, 4) is 0 Å². The summed E-state index contributed by atoms with van der Waals surface area (Å²) in [5, 5.41) is 1.11. The lowest BCUT2D eigenvalue weighted by molar-refractivity contribution is 0.0677. The maximum Gasteiger partial charge on any atom is 0.140 e. The van der Waals surface area contributed by atoms with Gasteiger partial charge in [-0.1, -0.05) is 0 Å². The number of pyridine rings is 1. The van der Waals surface area contributed by atoms with Crippen molar-refractivity contribution < 1.29 is 0 Å². The highest BCUT2D eigenvalue weighted by Crippen LogP contribution is 2.29. The van der Waals surface area contributed by atoms with E-state index in [1.54, 1.807) is 0 Å². The largest absolute Gasteiger partial charge is 0.353 e. The fraction of sp³-hybridized carbons (Fsp3) is 0.611. The van der Waals surface area contributed by atoms with Gasteiger partial charge in [-0.2, -0.15) is 0 Å². The second-order valence-electron chi connectivity index (χ2n) is 7.21. The van der Waals surface area contributed by atoms with Crippen molar-refractivity contribution in [2.24, 2.45) is 0 Å². The van der Waals surface area contributed by atoms with Gasteiger partial charge in [0.1, 0.15) is 11.6 Å². The Morgan fingerprint density at radius 1 is 1.08 bits per heavy atom. The quantitative estimate of drug-likeness (QED) is 0.853. The van der Waals surface area contributed by atoms with E-state index in [1.165, 1.54) is 26.2 Å². The Labute approximate surface area is 143 Å². The van der Waals surface area contributed by atoms with Gasteiger partial charge in [-0.3, -0.25) is 14.8 Å². The lowest BCUT2D eigenvalue weighted by atomic mass is 10.0. The number of nitrogens with zero attached hydrogens (tertiary/aromatic N) is 6. The number of aryl methyl sites for hydroxylation is 1. The van der Waals surface area contributed by atoms with Crippen molar-refractivity contribution in [1.29, 1.82) is 0 Å². The molecule has 2 fully saturated rings. The topological polar surface area (TPSA) is 48.4 Å². The SMILES string of the molecule is Cc1nc(N2CC(N3CCN(C(C)C)CC3)C2)c2ccncc2n1. The normalized spacial score (nSPS) is 20.8. The first-order valence-electron chi connectivity index (χ1n) is 8.93. The van der Waals surface area contributed by atoms with Gasteiger partial charge in [-0.25, -0.2) is 9.97 Å². The summed E-state index contributed by atoms with van der Waals surface area (Å²) in [7, 11) is 0. The average Bonchev–Trinajstić information content (AvgIpc) is 2.53. The third kappa shape index (κ3) is 2.84.